The predicted molar refractivity (Wildman–Crippen MR) is 120 cm³/mol. The minimum Gasteiger partial charge on any atom is -0.481 e. The molecule has 1 amide bonds. The van der Waals surface area contributed by atoms with Crippen molar-refractivity contribution in [1.29, 1.82) is 0 Å². The predicted octanol–water partition coefficient (Wildman–Crippen LogP) is 4.91. The van der Waals surface area contributed by atoms with Crippen LogP contribution in [-0.4, -0.2) is 42.2 Å². The lowest BCUT2D eigenvalue weighted by Gasteiger charge is -2.14. The maximum atomic E-state index is 13.0. The first-order valence-electron chi connectivity index (χ1n) is 9.36. The van der Waals surface area contributed by atoms with Crippen LogP contribution in [0.4, 0.5) is 5.69 Å². The van der Waals surface area contributed by atoms with Gasteiger partial charge in [-0.15, -0.1) is 0 Å². The first-order chi connectivity index (χ1) is 14.5. The number of amidine groups is 1. The Labute approximate surface area is 184 Å². The van der Waals surface area contributed by atoms with Crippen LogP contribution in [0.1, 0.15) is 18.9 Å². The fourth-order valence-corrected chi connectivity index (χ4v) is 3.85. The quantitative estimate of drug-likeness (QED) is 0.448. The van der Waals surface area contributed by atoms with Gasteiger partial charge in [-0.25, -0.2) is 9.79 Å². The summed E-state index contributed by atoms with van der Waals surface area (Å²) in [4.78, 5) is 31.2. The zero-order chi connectivity index (χ0) is 21.5. The number of carbonyl (C=O) groups excluding carboxylic acids is 2. The molecule has 0 radical (unpaired) electrons. The minimum atomic E-state index is -0.477. The maximum Gasteiger partial charge on any atom is 0.343 e. The SMILES string of the molecule is CCCN1C(=O)/C(=C/c2ccccc2OCC(=O)OC)SC1=Nc1ccc(Cl)cc1. The molecule has 0 atom stereocenters. The third-order valence-electron chi connectivity index (χ3n) is 4.17. The van der Waals surface area contributed by atoms with E-state index >= 15 is 0 Å². The highest BCUT2D eigenvalue weighted by atomic mass is 35.5. The number of amides is 1. The number of halogens is 1. The third-order valence-corrected chi connectivity index (χ3v) is 5.42. The van der Waals surface area contributed by atoms with Gasteiger partial charge in [0.05, 0.1) is 17.7 Å². The fraction of sp³-hybridized carbons (Fsp3) is 0.227. The van der Waals surface area contributed by atoms with Crippen molar-refractivity contribution in [2.75, 3.05) is 20.3 Å². The number of rotatable bonds is 7. The topological polar surface area (TPSA) is 68.2 Å². The average Bonchev–Trinajstić information content (AvgIpc) is 3.03. The first kappa shape index (κ1) is 21.9. The van der Waals surface area contributed by atoms with Crippen molar-refractivity contribution in [3.05, 3.63) is 64.0 Å². The van der Waals surface area contributed by atoms with Crippen molar-refractivity contribution in [2.45, 2.75) is 13.3 Å². The second-order valence-corrected chi connectivity index (χ2v) is 7.79. The number of ether oxygens (including phenoxy) is 2. The molecule has 1 saturated heterocycles. The average molecular weight is 445 g/mol. The number of esters is 1. The van der Waals surface area contributed by atoms with E-state index in [0.717, 1.165) is 12.1 Å². The lowest BCUT2D eigenvalue weighted by atomic mass is 10.2. The molecule has 1 aliphatic heterocycles. The molecule has 30 heavy (non-hydrogen) atoms. The van der Waals surface area contributed by atoms with Gasteiger partial charge < -0.3 is 9.47 Å². The molecule has 2 aromatic rings. The molecule has 0 spiro atoms. The van der Waals surface area contributed by atoms with Crippen LogP contribution < -0.4 is 4.74 Å². The molecule has 0 aromatic heterocycles. The molecule has 0 saturated carbocycles. The Morgan fingerprint density at radius 1 is 1.20 bits per heavy atom. The van der Waals surface area contributed by atoms with E-state index in [1.54, 1.807) is 35.2 Å². The molecule has 1 fully saturated rings. The number of thioether (sulfide) groups is 1. The monoisotopic (exact) mass is 444 g/mol. The highest BCUT2D eigenvalue weighted by Crippen LogP contribution is 2.35. The van der Waals surface area contributed by atoms with Crippen molar-refractivity contribution < 1.29 is 19.1 Å². The summed E-state index contributed by atoms with van der Waals surface area (Å²) in [6.07, 6.45) is 2.56. The standard InChI is InChI=1S/C22H21ClN2O4S/c1-3-12-25-21(27)19(30-22(25)24-17-10-8-16(23)9-11-17)13-15-6-4-5-7-18(15)29-14-20(26)28-2/h4-11,13H,3,12,14H2,1-2H3/b19-13-,24-22?. The van der Waals surface area contributed by atoms with Gasteiger partial charge in [-0.3, -0.25) is 9.69 Å². The van der Waals surface area contributed by atoms with Gasteiger partial charge in [0.25, 0.3) is 5.91 Å². The minimum absolute atomic E-state index is 0.114. The van der Waals surface area contributed by atoms with Crippen LogP contribution in [0.2, 0.25) is 5.02 Å². The number of carbonyl (C=O) groups is 2. The first-order valence-corrected chi connectivity index (χ1v) is 10.6. The van der Waals surface area contributed by atoms with Gasteiger partial charge in [0.2, 0.25) is 0 Å². The Bertz CT molecular complexity index is 989. The van der Waals surface area contributed by atoms with Crippen LogP contribution in [-0.2, 0) is 14.3 Å². The molecule has 1 aliphatic rings. The number of nitrogens with zero attached hydrogens (tertiary/aromatic N) is 2. The molecule has 8 heteroatoms. The summed E-state index contributed by atoms with van der Waals surface area (Å²) in [5.41, 5.74) is 1.42. The van der Waals surface area contributed by atoms with Crippen molar-refractivity contribution in [2.24, 2.45) is 4.99 Å². The molecule has 3 rings (SSSR count). The van der Waals surface area contributed by atoms with E-state index < -0.39 is 5.97 Å². The fourth-order valence-electron chi connectivity index (χ4n) is 2.71. The second kappa shape index (κ2) is 10.3. The Morgan fingerprint density at radius 2 is 1.93 bits per heavy atom. The number of methoxy groups -OCH3 is 1. The summed E-state index contributed by atoms with van der Waals surface area (Å²) in [7, 11) is 1.30. The van der Waals surface area contributed by atoms with E-state index in [4.69, 9.17) is 16.3 Å². The molecule has 0 unspecified atom stereocenters. The highest BCUT2D eigenvalue weighted by Gasteiger charge is 2.33. The lowest BCUT2D eigenvalue weighted by Crippen LogP contribution is -2.29. The number of hydrogen-bond donors (Lipinski definition) is 0. The summed E-state index contributed by atoms with van der Waals surface area (Å²) < 4.78 is 10.2. The molecule has 0 aliphatic carbocycles. The number of para-hydroxylation sites is 1. The van der Waals surface area contributed by atoms with Crippen molar-refractivity contribution in [3.8, 4) is 5.75 Å². The van der Waals surface area contributed by atoms with E-state index in [1.807, 2.05) is 31.2 Å². The number of hydrogen-bond acceptors (Lipinski definition) is 6. The van der Waals surface area contributed by atoms with Crippen molar-refractivity contribution in [3.63, 3.8) is 0 Å². The molecule has 1 heterocycles. The van der Waals surface area contributed by atoms with Gasteiger partial charge in [-0.05, 0) is 54.6 Å². The van der Waals surface area contributed by atoms with E-state index in [0.29, 0.717) is 33.0 Å². The highest BCUT2D eigenvalue weighted by molar-refractivity contribution is 8.18. The molecule has 0 N–H and O–H groups in total. The zero-order valence-corrected chi connectivity index (χ0v) is 18.2. The van der Waals surface area contributed by atoms with Crippen LogP contribution in [0, 0.1) is 0 Å². The van der Waals surface area contributed by atoms with Crippen LogP contribution in [0.15, 0.2) is 58.4 Å². The van der Waals surface area contributed by atoms with E-state index in [2.05, 4.69) is 9.73 Å². The van der Waals surface area contributed by atoms with Gasteiger partial charge in [-0.1, -0.05) is 36.7 Å². The van der Waals surface area contributed by atoms with Gasteiger partial charge in [0.15, 0.2) is 11.8 Å². The summed E-state index contributed by atoms with van der Waals surface area (Å²) in [6, 6.07) is 14.3. The van der Waals surface area contributed by atoms with Crippen LogP contribution >= 0.6 is 23.4 Å². The van der Waals surface area contributed by atoms with Crippen LogP contribution in [0.3, 0.4) is 0 Å². The largest absolute Gasteiger partial charge is 0.481 e. The van der Waals surface area contributed by atoms with E-state index in [9.17, 15) is 9.59 Å². The summed E-state index contributed by atoms with van der Waals surface area (Å²) in [5.74, 6) is -0.0958. The molecule has 0 bridgehead atoms. The summed E-state index contributed by atoms with van der Waals surface area (Å²) >= 11 is 7.25. The number of aliphatic imine (C=N–C) groups is 1. The Kier molecular flexibility index (Phi) is 7.54. The Hall–Kier alpha value is -2.77. The summed E-state index contributed by atoms with van der Waals surface area (Å²) in [6.45, 7) is 2.37. The third kappa shape index (κ3) is 5.43. The van der Waals surface area contributed by atoms with E-state index in [-0.39, 0.29) is 12.5 Å². The second-order valence-electron chi connectivity index (χ2n) is 6.34. The normalized spacial score (nSPS) is 16.4. The van der Waals surface area contributed by atoms with Crippen molar-refractivity contribution >= 4 is 52.2 Å². The molecule has 6 nitrogen and oxygen atoms in total. The van der Waals surface area contributed by atoms with Gasteiger partial charge in [0, 0.05) is 17.1 Å². The maximum absolute atomic E-state index is 13.0. The Morgan fingerprint density at radius 3 is 2.63 bits per heavy atom. The molecule has 2 aromatic carbocycles. The summed E-state index contributed by atoms with van der Waals surface area (Å²) in [5, 5.41) is 1.24. The molecular weight excluding hydrogens is 424 g/mol. The molecule has 156 valence electrons. The zero-order valence-electron chi connectivity index (χ0n) is 16.6. The number of benzene rings is 2. The van der Waals surface area contributed by atoms with Crippen LogP contribution in [0.25, 0.3) is 6.08 Å². The van der Waals surface area contributed by atoms with Crippen LogP contribution in [0.5, 0.6) is 5.75 Å². The van der Waals surface area contributed by atoms with Gasteiger partial charge in [-0.2, -0.15) is 0 Å². The lowest BCUT2D eigenvalue weighted by molar-refractivity contribution is -0.142. The van der Waals surface area contributed by atoms with Crippen molar-refractivity contribution in [1.82, 2.24) is 4.90 Å². The van der Waals surface area contributed by atoms with Gasteiger partial charge in [0.1, 0.15) is 5.75 Å². The Balaban J connectivity index is 1.89. The molecular formula is C22H21ClN2O4S. The smallest absolute Gasteiger partial charge is 0.343 e. The van der Waals surface area contributed by atoms with E-state index in [1.165, 1.54) is 18.9 Å². The van der Waals surface area contributed by atoms with Gasteiger partial charge >= 0.3 is 5.97 Å².